The van der Waals surface area contributed by atoms with Crippen LogP contribution in [0.5, 0.6) is 0 Å². The molecule has 30 heavy (non-hydrogen) atoms. The summed E-state index contributed by atoms with van der Waals surface area (Å²) in [5.74, 6) is -2.87. The number of carbonyl (C=O) groups is 3. The van der Waals surface area contributed by atoms with Gasteiger partial charge in [-0.3, -0.25) is 9.59 Å². The van der Waals surface area contributed by atoms with Crippen molar-refractivity contribution in [1.29, 1.82) is 0 Å². The van der Waals surface area contributed by atoms with Gasteiger partial charge in [0, 0.05) is 17.6 Å². The second-order valence-electron chi connectivity index (χ2n) is 7.30. The van der Waals surface area contributed by atoms with E-state index in [1.165, 1.54) is 19.3 Å². The highest BCUT2D eigenvalue weighted by molar-refractivity contribution is 6.31. The van der Waals surface area contributed by atoms with Gasteiger partial charge in [0.15, 0.2) is 0 Å². The number of rotatable bonds is 6. The van der Waals surface area contributed by atoms with E-state index in [1.807, 2.05) is 0 Å². The van der Waals surface area contributed by atoms with Gasteiger partial charge >= 0.3 is 5.97 Å². The Morgan fingerprint density at radius 2 is 1.90 bits per heavy atom. The highest BCUT2D eigenvalue weighted by Crippen LogP contribution is 2.22. The monoisotopic (exact) mass is 442 g/mol. The molecule has 8 nitrogen and oxygen atoms in total. The molecule has 4 unspecified atom stereocenters. The minimum atomic E-state index is -1.37. The number of methoxy groups -OCH3 is 1. The van der Waals surface area contributed by atoms with Crippen LogP contribution < -0.4 is 10.6 Å². The van der Waals surface area contributed by atoms with E-state index in [2.05, 4.69) is 15.4 Å². The molecular weight excluding hydrogens is 419 g/mol. The first-order chi connectivity index (χ1) is 14.0. The topological polar surface area (TPSA) is 125 Å². The van der Waals surface area contributed by atoms with Crippen LogP contribution in [0.15, 0.2) is 29.8 Å². The Labute approximate surface area is 178 Å². The van der Waals surface area contributed by atoms with Crippen molar-refractivity contribution in [3.63, 3.8) is 0 Å². The van der Waals surface area contributed by atoms with E-state index in [9.17, 15) is 29.0 Å². The zero-order chi connectivity index (χ0) is 22.6. The van der Waals surface area contributed by atoms with Crippen LogP contribution in [0.25, 0.3) is 0 Å². The van der Waals surface area contributed by atoms with Crippen molar-refractivity contribution in [3.8, 4) is 0 Å². The van der Waals surface area contributed by atoms with E-state index in [4.69, 9.17) is 11.6 Å². The van der Waals surface area contributed by atoms with Gasteiger partial charge in [-0.1, -0.05) is 31.5 Å². The van der Waals surface area contributed by atoms with Crippen molar-refractivity contribution in [2.75, 3.05) is 7.11 Å². The lowest BCUT2D eigenvalue weighted by Gasteiger charge is -2.31. The largest absolute Gasteiger partial charge is 0.467 e. The highest BCUT2D eigenvalue weighted by Gasteiger charge is 2.35. The van der Waals surface area contributed by atoms with E-state index < -0.39 is 47.9 Å². The third-order valence-electron chi connectivity index (χ3n) is 4.75. The fourth-order valence-corrected chi connectivity index (χ4v) is 3.18. The van der Waals surface area contributed by atoms with Crippen molar-refractivity contribution in [1.82, 2.24) is 10.6 Å². The smallest absolute Gasteiger partial charge is 0.328 e. The molecule has 1 aromatic rings. The van der Waals surface area contributed by atoms with Gasteiger partial charge in [-0.2, -0.15) is 0 Å². The fraction of sp³-hybridized carbons (Fsp3) is 0.450. The minimum Gasteiger partial charge on any atom is -0.467 e. The molecule has 2 amide bonds. The van der Waals surface area contributed by atoms with E-state index >= 15 is 0 Å². The lowest BCUT2D eigenvalue weighted by Crippen LogP contribution is -2.52. The minimum absolute atomic E-state index is 0.0404. The molecule has 0 aliphatic heterocycles. The molecule has 164 valence electrons. The van der Waals surface area contributed by atoms with Crippen LogP contribution in [-0.2, 0) is 14.3 Å². The summed E-state index contributed by atoms with van der Waals surface area (Å²) in [5.41, 5.74) is 0.128. The molecular formula is C20H24ClFN2O6. The third-order valence-corrected chi connectivity index (χ3v) is 5.04. The van der Waals surface area contributed by atoms with Gasteiger partial charge in [-0.15, -0.1) is 0 Å². The normalized spacial score (nSPS) is 22.1. The molecule has 1 aliphatic rings. The van der Waals surface area contributed by atoms with Gasteiger partial charge in [0.1, 0.15) is 18.0 Å². The van der Waals surface area contributed by atoms with Gasteiger partial charge in [-0.25, -0.2) is 9.18 Å². The summed E-state index contributed by atoms with van der Waals surface area (Å²) in [6, 6.07) is 1.36. The van der Waals surface area contributed by atoms with E-state index in [-0.39, 0.29) is 28.5 Å². The quantitative estimate of drug-likeness (QED) is 0.486. The predicted octanol–water partition coefficient (Wildman–Crippen LogP) is 0.943. The maximum Gasteiger partial charge on any atom is 0.328 e. The number of benzene rings is 1. The number of ether oxygens (including phenoxy) is 1. The molecule has 4 N–H and O–H groups in total. The van der Waals surface area contributed by atoms with Crippen LogP contribution in [0.1, 0.15) is 30.6 Å². The Bertz CT molecular complexity index is 860. The summed E-state index contributed by atoms with van der Waals surface area (Å²) in [5, 5.41) is 25.2. The van der Waals surface area contributed by atoms with Crippen molar-refractivity contribution in [2.45, 2.75) is 44.6 Å². The number of hydrogen-bond donors (Lipinski definition) is 4. The Morgan fingerprint density at radius 3 is 2.47 bits per heavy atom. The van der Waals surface area contributed by atoms with Crippen LogP contribution >= 0.6 is 11.6 Å². The summed E-state index contributed by atoms with van der Waals surface area (Å²) in [6.07, 6.45) is -1.56. The van der Waals surface area contributed by atoms with Crippen LogP contribution in [0.4, 0.5) is 4.39 Å². The number of esters is 1. The van der Waals surface area contributed by atoms with Crippen molar-refractivity contribution in [2.24, 2.45) is 5.92 Å². The predicted molar refractivity (Wildman–Crippen MR) is 106 cm³/mol. The summed E-state index contributed by atoms with van der Waals surface area (Å²) >= 11 is 5.68. The summed E-state index contributed by atoms with van der Waals surface area (Å²) in [6.45, 7) is 3.46. The number of halogens is 2. The summed E-state index contributed by atoms with van der Waals surface area (Å²) in [4.78, 5) is 36.9. The first-order valence-electron chi connectivity index (χ1n) is 9.26. The number of nitrogens with one attached hydrogen (secondary N) is 2. The van der Waals surface area contributed by atoms with Gasteiger partial charge in [0.05, 0.1) is 24.3 Å². The van der Waals surface area contributed by atoms with Gasteiger partial charge in [0.25, 0.3) is 5.91 Å². The SMILES string of the molecule is COC(=O)C(NC(=O)C1=CC(NC(=O)c2ccc(F)c(Cl)c2)C(O)C(O)C1)C(C)C. The van der Waals surface area contributed by atoms with Crippen molar-refractivity contribution >= 4 is 29.4 Å². The van der Waals surface area contributed by atoms with Crippen molar-refractivity contribution in [3.05, 3.63) is 46.3 Å². The van der Waals surface area contributed by atoms with Crippen LogP contribution in [0, 0.1) is 11.7 Å². The van der Waals surface area contributed by atoms with Gasteiger partial charge in [-0.05, 0) is 24.1 Å². The average molecular weight is 443 g/mol. The summed E-state index contributed by atoms with van der Waals surface area (Å²) in [7, 11) is 1.21. The number of carbonyl (C=O) groups excluding carboxylic acids is 3. The van der Waals surface area contributed by atoms with E-state index in [0.717, 1.165) is 12.1 Å². The van der Waals surface area contributed by atoms with Gasteiger partial charge < -0.3 is 25.6 Å². The molecule has 0 spiro atoms. The Morgan fingerprint density at radius 1 is 1.23 bits per heavy atom. The summed E-state index contributed by atoms with van der Waals surface area (Å²) < 4.78 is 18.0. The molecule has 0 saturated heterocycles. The Balaban J connectivity index is 2.20. The molecule has 1 aliphatic carbocycles. The first-order valence-corrected chi connectivity index (χ1v) is 9.64. The van der Waals surface area contributed by atoms with E-state index in [0.29, 0.717) is 0 Å². The number of hydrogen-bond acceptors (Lipinski definition) is 6. The van der Waals surface area contributed by atoms with Gasteiger partial charge in [0.2, 0.25) is 5.91 Å². The standard InChI is InChI=1S/C20H24ClFN2O6/c1-9(2)16(20(29)30-3)24-19(28)11-7-14(17(26)15(25)8-11)23-18(27)10-4-5-13(22)12(21)6-10/h4-7,9,14-17,25-26H,8H2,1-3H3,(H,23,27)(H,24,28). The molecule has 0 heterocycles. The zero-order valence-corrected chi connectivity index (χ0v) is 17.4. The molecule has 0 saturated carbocycles. The van der Waals surface area contributed by atoms with E-state index in [1.54, 1.807) is 13.8 Å². The Kier molecular flexibility index (Phi) is 7.94. The molecule has 4 atom stereocenters. The lowest BCUT2D eigenvalue weighted by atomic mass is 9.89. The maximum absolute atomic E-state index is 13.3. The van der Waals surface area contributed by atoms with Crippen LogP contribution in [0.2, 0.25) is 5.02 Å². The fourth-order valence-electron chi connectivity index (χ4n) is 2.99. The second kappa shape index (κ2) is 10.0. The van der Waals surface area contributed by atoms with Crippen LogP contribution in [0.3, 0.4) is 0 Å². The number of amides is 2. The molecule has 0 fully saturated rings. The molecule has 0 radical (unpaired) electrons. The second-order valence-corrected chi connectivity index (χ2v) is 7.71. The molecule has 2 rings (SSSR count). The molecule has 10 heteroatoms. The maximum atomic E-state index is 13.3. The zero-order valence-electron chi connectivity index (χ0n) is 16.7. The molecule has 1 aromatic carbocycles. The van der Waals surface area contributed by atoms with Crippen LogP contribution in [-0.4, -0.2) is 59.4 Å². The van der Waals surface area contributed by atoms with Crippen molar-refractivity contribution < 1.29 is 33.7 Å². The third kappa shape index (κ3) is 5.56. The lowest BCUT2D eigenvalue weighted by molar-refractivity contribution is -0.146. The highest BCUT2D eigenvalue weighted by atomic mass is 35.5. The Hall–Kier alpha value is -2.49. The number of aliphatic hydroxyl groups is 2. The molecule has 0 bridgehead atoms. The molecule has 0 aromatic heterocycles. The first kappa shape index (κ1) is 23.8. The number of aliphatic hydroxyl groups excluding tert-OH is 2. The average Bonchev–Trinajstić information content (AvgIpc) is 2.70.